The fourth-order valence-electron chi connectivity index (χ4n) is 4.69. The van der Waals surface area contributed by atoms with Gasteiger partial charge in [0.2, 0.25) is 0 Å². The topological polar surface area (TPSA) is 35.5 Å². The van der Waals surface area contributed by atoms with Crippen LogP contribution in [0.1, 0.15) is 70.6 Å². The molecule has 3 aliphatic rings. The number of hydrogen-bond acceptors (Lipinski definition) is 3. The van der Waals surface area contributed by atoms with Gasteiger partial charge in [-0.1, -0.05) is 12.8 Å². The SMILES string of the molecule is COC1CCC(C2CCC(CCC3CC(=O)O3)CC2)CC1. The molecule has 2 aliphatic carbocycles. The summed E-state index contributed by atoms with van der Waals surface area (Å²) in [6.07, 6.45) is 14.8. The van der Waals surface area contributed by atoms with Gasteiger partial charge < -0.3 is 9.47 Å². The van der Waals surface area contributed by atoms with E-state index in [4.69, 9.17) is 9.47 Å². The lowest BCUT2D eigenvalue weighted by Gasteiger charge is -2.38. The van der Waals surface area contributed by atoms with Crippen LogP contribution in [0.4, 0.5) is 0 Å². The summed E-state index contributed by atoms with van der Waals surface area (Å²) >= 11 is 0. The van der Waals surface area contributed by atoms with Crippen molar-refractivity contribution in [3.8, 4) is 0 Å². The molecule has 0 bridgehead atoms. The third-order valence-electron chi connectivity index (χ3n) is 6.20. The monoisotopic (exact) mass is 294 g/mol. The van der Waals surface area contributed by atoms with Crippen LogP contribution in [0.2, 0.25) is 0 Å². The number of hydrogen-bond donors (Lipinski definition) is 0. The van der Waals surface area contributed by atoms with Crippen LogP contribution in [0.5, 0.6) is 0 Å². The van der Waals surface area contributed by atoms with Crippen LogP contribution < -0.4 is 0 Å². The van der Waals surface area contributed by atoms with Crippen molar-refractivity contribution in [3.05, 3.63) is 0 Å². The van der Waals surface area contributed by atoms with Crippen LogP contribution in [0.15, 0.2) is 0 Å². The molecule has 21 heavy (non-hydrogen) atoms. The molecule has 0 spiro atoms. The van der Waals surface area contributed by atoms with Gasteiger partial charge in [-0.2, -0.15) is 0 Å². The van der Waals surface area contributed by atoms with Crippen LogP contribution in [0.25, 0.3) is 0 Å². The van der Waals surface area contributed by atoms with Crippen molar-refractivity contribution in [2.24, 2.45) is 17.8 Å². The molecule has 0 aromatic rings. The number of esters is 1. The van der Waals surface area contributed by atoms with E-state index in [0.717, 1.165) is 24.2 Å². The zero-order valence-corrected chi connectivity index (χ0v) is 13.4. The summed E-state index contributed by atoms with van der Waals surface area (Å²) in [5.41, 5.74) is 0. The predicted molar refractivity (Wildman–Crippen MR) is 81.9 cm³/mol. The van der Waals surface area contributed by atoms with Crippen molar-refractivity contribution in [3.63, 3.8) is 0 Å². The largest absolute Gasteiger partial charge is 0.462 e. The lowest BCUT2D eigenvalue weighted by atomic mass is 9.70. The van der Waals surface area contributed by atoms with Crippen LogP contribution in [0.3, 0.4) is 0 Å². The Labute approximate surface area is 128 Å². The number of rotatable bonds is 5. The van der Waals surface area contributed by atoms with E-state index in [1.807, 2.05) is 7.11 Å². The van der Waals surface area contributed by atoms with Crippen molar-refractivity contribution in [2.75, 3.05) is 7.11 Å². The highest BCUT2D eigenvalue weighted by Gasteiger charge is 2.32. The molecule has 120 valence electrons. The van der Waals surface area contributed by atoms with Gasteiger partial charge in [0.1, 0.15) is 6.10 Å². The smallest absolute Gasteiger partial charge is 0.309 e. The van der Waals surface area contributed by atoms with Crippen LogP contribution in [-0.4, -0.2) is 25.3 Å². The average Bonchev–Trinajstić information content (AvgIpc) is 2.51. The highest BCUT2D eigenvalue weighted by molar-refractivity contribution is 5.75. The molecule has 2 saturated carbocycles. The quantitative estimate of drug-likeness (QED) is 0.716. The molecule has 0 N–H and O–H groups in total. The number of cyclic esters (lactones) is 1. The standard InChI is InChI=1S/C18H30O3/c1-20-16-10-7-15(8-11-16)14-5-2-13(3-6-14)4-9-17-12-18(19)21-17/h13-17H,2-12H2,1H3. The third-order valence-corrected chi connectivity index (χ3v) is 6.20. The van der Waals surface area contributed by atoms with Crippen molar-refractivity contribution in [1.29, 1.82) is 0 Å². The van der Waals surface area contributed by atoms with Crippen molar-refractivity contribution >= 4 is 5.97 Å². The molecular weight excluding hydrogens is 264 g/mol. The first-order valence-corrected chi connectivity index (χ1v) is 8.97. The first-order chi connectivity index (χ1) is 10.2. The van der Waals surface area contributed by atoms with E-state index < -0.39 is 0 Å². The molecule has 0 aromatic carbocycles. The van der Waals surface area contributed by atoms with E-state index in [1.165, 1.54) is 57.8 Å². The highest BCUT2D eigenvalue weighted by Crippen LogP contribution is 2.41. The van der Waals surface area contributed by atoms with Gasteiger partial charge in [0.15, 0.2) is 0 Å². The third kappa shape index (κ3) is 4.00. The number of carbonyl (C=O) groups excluding carboxylic acids is 1. The molecular formula is C18H30O3. The molecule has 0 radical (unpaired) electrons. The number of carbonyl (C=O) groups is 1. The van der Waals surface area contributed by atoms with Gasteiger partial charge >= 0.3 is 5.97 Å². The maximum absolute atomic E-state index is 10.8. The maximum Gasteiger partial charge on any atom is 0.309 e. The fraction of sp³-hybridized carbons (Fsp3) is 0.944. The minimum atomic E-state index is -0.00429. The van der Waals surface area contributed by atoms with Gasteiger partial charge in [-0.05, 0) is 69.1 Å². The molecule has 3 heteroatoms. The number of methoxy groups -OCH3 is 1. The molecule has 1 aliphatic heterocycles. The molecule has 1 heterocycles. The minimum Gasteiger partial charge on any atom is -0.462 e. The van der Waals surface area contributed by atoms with Crippen LogP contribution in [-0.2, 0) is 14.3 Å². The van der Waals surface area contributed by atoms with Crippen LogP contribution in [0, 0.1) is 17.8 Å². The minimum absolute atomic E-state index is 0.00429. The van der Waals surface area contributed by atoms with E-state index in [9.17, 15) is 4.79 Å². The second-order valence-corrected chi connectivity index (χ2v) is 7.45. The lowest BCUT2D eigenvalue weighted by molar-refractivity contribution is -0.170. The van der Waals surface area contributed by atoms with E-state index in [0.29, 0.717) is 12.5 Å². The molecule has 3 fully saturated rings. The Morgan fingerprint density at radius 2 is 1.52 bits per heavy atom. The first kappa shape index (κ1) is 15.3. The van der Waals surface area contributed by atoms with E-state index >= 15 is 0 Å². The normalized spacial score (nSPS) is 40.4. The number of ether oxygens (including phenoxy) is 2. The van der Waals surface area contributed by atoms with Gasteiger partial charge in [0.05, 0.1) is 12.5 Å². The second kappa shape index (κ2) is 7.13. The first-order valence-electron chi connectivity index (χ1n) is 8.97. The zero-order chi connectivity index (χ0) is 14.7. The summed E-state index contributed by atoms with van der Waals surface area (Å²) in [5, 5.41) is 0. The molecule has 1 unspecified atom stereocenters. The zero-order valence-electron chi connectivity index (χ0n) is 13.4. The Bertz CT molecular complexity index is 330. The van der Waals surface area contributed by atoms with E-state index in [1.54, 1.807) is 0 Å². The maximum atomic E-state index is 10.8. The van der Waals surface area contributed by atoms with Gasteiger partial charge in [0.25, 0.3) is 0 Å². The van der Waals surface area contributed by atoms with Crippen molar-refractivity contribution in [1.82, 2.24) is 0 Å². The predicted octanol–water partition coefficient (Wildman–Crippen LogP) is 4.09. The van der Waals surface area contributed by atoms with Crippen molar-refractivity contribution in [2.45, 2.75) is 82.8 Å². The van der Waals surface area contributed by atoms with E-state index in [2.05, 4.69) is 0 Å². The summed E-state index contributed by atoms with van der Waals surface area (Å²) in [6.45, 7) is 0. The molecule has 3 rings (SSSR count). The molecule has 3 nitrogen and oxygen atoms in total. The Kier molecular flexibility index (Phi) is 5.20. The Morgan fingerprint density at radius 1 is 0.952 bits per heavy atom. The van der Waals surface area contributed by atoms with Gasteiger partial charge in [-0.15, -0.1) is 0 Å². The summed E-state index contributed by atoms with van der Waals surface area (Å²) in [5.74, 6) is 2.82. The van der Waals surface area contributed by atoms with Crippen molar-refractivity contribution < 1.29 is 14.3 Å². The van der Waals surface area contributed by atoms with E-state index in [-0.39, 0.29) is 12.1 Å². The summed E-state index contributed by atoms with van der Waals surface area (Å²) < 4.78 is 10.6. The van der Waals surface area contributed by atoms with Gasteiger partial charge in [0, 0.05) is 7.11 Å². The molecule has 0 amide bonds. The molecule has 0 aromatic heterocycles. The molecule has 1 atom stereocenters. The second-order valence-electron chi connectivity index (χ2n) is 7.45. The average molecular weight is 294 g/mol. The summed E-state index contributed by atoms with van der Waals surface area (Å²) in [7, 11) is 1.86. The molecule has 1 saturated heterocycles. The van der Waals surface area contributed by atoms with Gasteiger partial charge in [-0.25, -0.2) is 0 Å². The van der Waals surface area contributed by atoms with Crippen LogP contribution >= 0.6 is 0 Å². The van der Waals surface area contributed by atoms with Gasteiger partial charge in [-0.3, -0.25) is 4.79 Å². The fourth-order valence-corrected chi connectivity index (χ4v) is 4.69. The Balaban J connectivity index is 1.32. The highest BCUT2D eigenvalue weighted by atomic mass is 16.6. The summed E-state index contributed by atoms with van der Waals surface area (Å²) in [4.78, 5) is 10.8. The Hall–Kier alpha value is -0.570. The Morgan fingerprint density at radius 3 is 2.05 bits per heavy atom. The summed E-state index contributed by atoms with van der Waals surface area (Å²) in [6, 6.07) is 0. The lowest BCUT2D eigenvalue weighted by Crippen LogP contribution is -2.33.